The SMILES string of the molecule is O=C1COc2ccc(-c3csc(=Nc4ccc(F)cc4)n3CC3CCCO3)cc2N1. The second-order valence-electron chi connectivity index (χ2n) is 7.29. The molecular formula is C22H20FN3O3S. The van der Waals surface area contributed by atoms with Crippen LogP contribution in [0.2, 0.25) is 0 Å². The summed E-state index contributed by atoms with van der Waals surface area (Å²) in [4.78, 5) is 17.2. The average Bonchev–Trinajstić information content (AvgIpc) is 3.40. The maximum Gasteiger partial charge on any atom is 0.262 e. The number of rotatable bonds is 4. The molecule has 0 radical (unpaired) electrons. The summed E-state index contributed by atoms with van der Waals surface area (Å²) in [6.07, 6.45) is 2.19. The predicted molar refractivity (Wildman–Crippen MR) is 112 cm³/mol. The first-order valence-electron chi connectivity index (χ1n) is 9.83. The van der Waals surface area contributed by atoms with Crippen molar-refractivity contribution in [3.05, 3.63) is 58.5 Å². The lowest BCUT2D eigenvalue weighted by Gasteiger charge is -2.19. The van der Waals surface area contributed by atoms with Crippen molar-refractivity contribution in [2.45, 2.75) is 25.5 Å². The lowest BCUT2D eigenvalue weighted by Crippen LogP contribution is -2.25. The monoisotopic (exact) mass is 425 g/mol. The number of benzene rings is 2. The van der Waals surface area contributed by atoms with Gasteiger partial charge in [0.15, 0.2) is 11.4 Å². The van der Waals surface area contributed by atoms with Crippen LogP contribution in [0.5, 0.6) is 5.75 Å². The van der Waals surface area contributed by atoms with Gasteiger partial charge in [-0.05, 0) is 55.3 Å². The molecule has 1 saturated heterocycles. The van der Waals surface area contributed by atoms with Crippen LogP contribution in [0.1, 0.15) is 12.8 Å². The van der Waals surface area contributed by atoms with Gasteiger partial charge in [-0.15, -0.1) is 11.3 Å². The summed E-state index contributed by atoms with van der Waals surface area (Å²) in [5.41, 5.74) is 3.29. The Hall–Kier alpha value is -2.97. The highest BCUT2D eigenvalue weighted by Gasteiger charge is 2.21. The summed E-state index contributed by atoms with van der Waals surface area (Å²) < 4.78 is 26.7. The number of hydrogen-bond donors (Lipinski definition) is 1. The molecule has 0 bridgehead atoms. The summed E-state index contributed by atoms with van der Waals surface area (Å²) in [7, 11) is 0. The van der Waals surface area contributed by atoms with Crippen molar-refractivity contribution in [1.29, 1.82) is 0 Å². The van der Waals surface area contributed by atoms with Crippen molar-refractivity contribution < 1.29 is 18.7 Å². The summed E-state index contributed by atoms with van der Waals surface area (Å²) >= 11 is 1.52. The highest BCUT2D eigenvalue weighted by atomic mass is 32.1. The number of thiazole rings is 1. The molecule has 0 spiro atoms. The van der Waals surface area contributed by atoms with Crippen LogP contribution in [0.15, 0.2) is 52.8 Å². The topological polar surface area (TPSA) is 64.8 Å². The highest BCUT2D eigenvalue weighted by Crippen LogP contribution is 2.33. The van der Waals surface area contributed by atoms with E-state index in [-0.39, 0.29) is 24.4 Å². The fourth-order valence-corrected chi connectivity index (χ4v) is 4.62. The highest BCUT2D eigenvalue weighted by molar-refractivity contribution is 7.07. The molecule has 1 aromatic heterocycles. The van der Waals surface area contributed by atoms with Crippen LogP contribution in [0.3, 0.4) is 0 Å². The number of fused-ring (bicyclic) bond motifs is 1. The van der Waals surface area contributed by atoms with Gasteiger partial charge in [0.1, 0.15) is 11.6 Å². The summed E-state index contributed by atoms with van der Waals surface area (Å²) in [6, 6.07) is 11.9. The van der Waals surface area contributed by atoms with Gasteiger partial charge in [0.2, 0.25) is 0 Å². The number of nitrogens with zero attached hydrogens (tertiary/aromatic N) is 2. The Morgan fingerprint density at radius 1 is 1.23 bits per heavy atom. The van der Waals surface area contributed by atoms with E-state index in [2.05, 4.69) is 9.88 Å². The molecule has 1 atom stereocenters. The molecule has 30 heavy (non-hydrogen) atoms. The molecule has 8 heteroatoms. The lowest BCUT2D eigenvalue weighted by atomic mass is 10.1. The first kappa shape index (κ1) is 19.0. The zero-order chi connectivity index (χ0) is 20.5. The summed E-state index contributed by atoms with van der Waals surface area (Å²) in [5.74, 6) is 0.214. The van der Waals surface area contributed by atoms with Gasteiger partial charge in [-0.2, -0.15) is 0 Å². The fraction of sp³-hybridized carbons (Fsp3) is 0.273. The maximum absolute atomic E-state index is 13.3. The zero-order valence-corrected chi connectivity index (χ0v) is 17.0. The van der Waals surface area contributed by atoms with Crippen LogP contribution in [-0.4, -0.2) is 29.8 Å². The molecule has 1 N–H and O–H groups in total. The Balaban J connectivity index is 1.58. The van der Waals surface area contributed by atoms with E-state index in [4.69, 9.17) is 14.5 Å². The molecule has 6 nitrogen and oxygen atoms in total. The van der Waals surface area contributed by atoms with Gasteiger partial charge in [0.05, 0.1) is 29.7 Å². The minimum absolute atomic E-state index is 0.0323. The molecule has 1 fully saturated rings. The van der Waals surface area contributed by atoms with Crippen LogP contribution < -0.4 is 14.9 Å². The molecule has 1 amide bonds. The molecule has 5 rings (SSSR count). The predicted octanol–water partition coefficient (Wildman–Crippen LogP) is 4.10. The van der Waals surface area contributed by atoms with E-state index >= 15 is 0 Å². The van der Waals surface area contributed by atoms with Gasteiger partial charge in [-0.1, -0.05) is 0 Å². The van der Waals surface area contributed by atoms with Crippen LogP contribution in [0.4, 0.5) is 15.8 Å². The molecular weight excluding hydrogens is 405 g/mol. The quantitative estimate of drug-likeness (QED) is 0.685. The van der Waals surface area contributed by atoms with Gasteiger partial charge >= 0.3 is 0 Å². The summed E-state index contributed by atoms with van der Waals surface area (Å²) in [6.45, 7) is 1.49. The summed E-state index contributed by atoms with van der Waals surface area (Å²) in [5, 5.41) is 4.91. The number of nitrogens with one attached hydrogen (secondary N) is 1. The lowest BCUT2D eigenvalue weighted by molar-refractivity contribution is -0.118. The second-order valence-corrected chi connectivity index (χ2v) is 8.12. The molecule has 0 aliphatic carbocycles. The van der Waals surface area contributed by atoms with Crippen molar-refractivity contribution in [3.63, 3.8) is 0 Å². The van der Waals surface area contributed by atoms with Crippen molar-refractivity contribution in [3.8, 4) is 17.0 Å². The number of amides is 1. The Kier molecular flexibility index (Phi) is 5.10. The van der Waals surface area contributed by atoms with E-state index in [9.17, 15) is 9.18 Å². The number of carbonyl (C=O) groups is 1. The average molecular weight is 425 g/mol. The number of hydrogen-bond acceptors (Lipinski definition) is 5. The number of halogens is 1. The van der Waals surface area contributed by atoms with Gasteiger partial charge < -0.3 is 19.4 Å². The van der Waals surface area contributed by atoms with Gasteiger partial charge in [-0.3, -0.25) is 4.79 Å². The van der Waals surface area contributed by atoms with Gasteiger partial charge in [0.25, 0.3) is 5.91 Å². The molecule has 3 heterocycles. The van der Waals surface area contributed by atoms with Gasteiger partial charge in [-0.25, -0.2) is 9.38 Å². The number of ether oxygens (including phenoxy) is 2. The Morgan fingerprint density at radius 2 is 2.10 bits per heavy atom. The van der Waals surface area contributed by atoms with E-state index in [1.165, 1.54) is 23.5 Å². The molecule has 1 unspecified atom stereocenters. The molecule has 2 aromatic carbocycles. The van der Waals surface area contributed by atoms with Crippen LogP contribution in [0, 0.1) is 5.82 Å². The van der Waals surface area contributed by atoms with Crippen LogP contribution in [0.25, 0.3) is 11.3 Å². The maximum atomic E-state index is 13.3. The minimum atomic E-state index is -0.286. The third kappa shape index (κ3) is 3.88. The normalized spacial score (nSPS) is 18.8. The third-order valence-corrected chi connectivity index (χ3v) is 6.03. The van der Waals surface area contributed by atoms with E-state index < -0.39 is 0 Å². The first-order chi connectivity index (χ1) is 14.7. The van der Waals surface area contributed by atoms with Crippen LogP contribution in [-0.2, 0) is 16.1 Å². The van der Waals surface area contributed by atoms with E-state index in [1.54, 1.807) is 12.1 Å². The molecule has 0 saturated carbocycles. The Bertz CT molecular complexity index is 1150. The number of aromatic nitrogens is 1. The van der Waals surface area contributed by atoms with E-state index in [0.29, 0.717) is 23.7 Å². The number of anilines is 1. The zero-order valence-electron chi connectivity index (χ0n) is 16.1. The second kappa shape index (κ2) is 8.04. The van der Waals surface area contributed by atoms with Crippen molar-refractivity contribution in [1.82, 2.24) is 4.57 Å². The van der Waals surface area contributed by atoms with Crippen molar-refractivity contribution in [2.24, 2.45) is 4.99 Å². The Labute approximate surface area is 176 Å². The fourth-order valence-electron chi connectivity index (χ4n) is 3.69. The smallest absolute Gasteiger partial charge is 0.262 e. The van der Waals surface area contributed by atoms with Crippen molar-refractivity contribution >= 4 is 28.6 Å². The van der Waals surface area contributed by atoms with Gasteiger partial charge in [0, 0.05) is 17.6 Å². The third-order valence-electron chi connectivity index (χ3n) is 5.17. The standard InChI is InChI=1S/C22H20FN3O3S/c23-15-4-6-16(7-5-15)24-22-26(11-17-2-1-9-28-17)19(13-30-22)14-3-8-20-18(10-14)25-21(27)12-29-20/h3-8,10,13,17H,1-2,9,11-12H2,(H,25,27). The van der Waals surface area contributed by atoms with E-state index in [0.717, 1.165) is 35.5 Å². The first-order valence-corrected chi connectivity index (χ1v) is 10.7. The minimum Gasteiger partial charge on any atom is -0.482 e. The largest absolute Gasteiger partial charge is 0.482 e. The van der Waals surface area contributed by atoms with Crippen LogP contribution >= 0.6 is 11.3 Å². The molecule has 2 aliphatic rings. The molecule has 2 aliphatic heterocycles. The molecule has 3 aromatic rings. The Morgan fingerprint density at radius 3 is 2.90 bits per heavy atom. The molecule has 154 valence electrons. The van der Waals surface area contributed by atoms with Crippen molar-refractivity contribution in [2.75, 3.05) is 18.5 Å². The van der Waals surface area contributed by atoms with E-state index in [1.807, 2.05) is 23.6 Å². The number of carbonyl (C=O) groups excluding carboxylic acids is 1.